The van der Waals surface area contributed by atoms with Crippen LogP contribution in [0, 0.1) is 17.3 Å². The highest BCUT2D eigenvalue weighted by Crippen LogP contribution is 2.60. The van der Waals surface area contributed by atoms with E-state index in [0.29, 0.717) is 17.8 Å². The molecule has 2 aromatic carbocycles. The Morgan fingerprint density at radius 3 is 2.38 bits per heavy atom. The van der Waals surface area contributed by atoms with Gasteiger partial charge in [-0.1, -0.05) is 128 Å². The molecule has 0 N–H and O–H groups in total. The van der Waals surface area contributed by atoms with Crippen molar-refractivity contribution in [1.29, 1.82) is 0 Å². The highest BCUT2D eigenvalue weighted by Gasteiger charge is 2.50. The van der Waals surface area contributed by atoms with Crippen LogP contribution in [0.25, 0.3) is 11.1 Å². The largest absolute Gasteiger partial charge is 0.0767 e. The maximum Gasteiger partial charge on any atom is 0.0257 e. The van der Waals surface area contributed by atoms with Crippen LogP contribution in [-0.4, -0.2) is 0 Å². The number of benzene rings is 2. The van der Waals surface area contributed by atoms with Gasteiger partial charge in [-0.2, -0.15) is 0 Å². The first kappa shape index (κ1) is 19.8. The van der Waals surface area contributed by atoms with Gasteiger partial charge in [-0.3, -0.25) is 0 Å². The van der Waals surface area contributed by atoms with Crippen LogP contribution in [0.15, 0.2) is 138 Å². The molecule has 0 heteroatoms. The topological polar surface area (TPSA) is 0 Å². The molecule has 0 aromatic heterocycles. The predicted octanol–water partition coefficient (Wildman–Crippen LogP) is 8.38. The van der Waals surface area contributed by atoms with Gasteiger partial charge in [0.05, 0.1) is 0 Å². The molecule has 0 spiro atoms. The van der Waals surface area contributed by atoms with Crippen LogP contribution in [0.1, 0.15) is 36.0 Å². The monoisotopic (exact) mass is 436 g/mol. The first-order valence-corrected chi connectivity index (χ1v) is 12.5. The third kappa shape index (κ3) is 2.85. The van der Waals surface area contributed by atoms with E-state index in [2.05, 4.69) is 128 Å². The number of allylic oxidation sites excluding steroid dienone is 16. The van der Waals surface area contributed by atoms with Gasteiger partial charge >= 0.3 is 0 Å². The van der Waals surface area contributed by atoms with Crippen LogP contribution in [0.3, 0.4) is 0 Å². The van der Waals surface area contributed by atoms with Crippen molar-refractivity contribution in [3.8, 4) is 0 Å². The summed E-state index contributed by atoms with van der Waals surface area (Å²) in [6.45, 7) is 2.45. The zero-order valence-corrected chi connectivity index (χ0v) is 19.5. The van der Waals surface area contributed by atoms with Crippen LogP contribution in [0.2, 0.25) is 0 Å². The maximum atomic E-state index is 2.45. The Hall–Kier alpha value is -3.64. The molecule has 34 heavy (non-hydrogen) atoms. The van der Waals surface area contributed by atoms with E-state index in [-0.39, 0.29) is 5.41 Å². The van der Waals surface area contributed by atoms with Gasteiger partial charge < -0.3 is 0 Å². The summed E-state index contributed by atoms with van der Waals surface area (Å²) in [7, 11) is 0. The molecule has 5 aliphatic rings. The lowest BCUT2D eigenvalue weighted by molar-refractivity contribution is 0.303. The molecule has 164 valence electrons. The molecule has 0 heterocycles. The summed E-state index contributed by atoms with van der Waals surface area (Å²) in [4.78, 5) is 0. The Morgan fingerprint density at radius 1 is 0.794 bits per heavy atom. The minimum absolute atomic E-state index is 0.0524. The fraction of sp³-hybridized carbons (Fsp3) is 0.176. The molecule has 2 aromatic rings. The Kier molecular flexibility index (Phi) is 4.33. The first-order chi connectivity index (χ1) is 16.7. The SMILES string of the molecule is CC12C3=CC=CC1=C(c1ccc(C4=CCC(c5ccccc5)C=C4)cc1)C=C1C=CC(C=C3)C12. The molecule has 0 bridgehead atoms. The molecule has 0 fully saturated rings. The standard InChI is InChI=1S/C34H28/c1-34-30-8-5-9-32(34)31(22-29-19-18-28(20-21-30)33(29)34)27-16-14-26(15-17-27)25-12-10-24(11-13-25)23-6-3-2-4-7-23/h2-10,12-22,24,28,33H,11H2,1H3. The summed E-state index contributed by atoms with van der Waals surface area (Å²) >= 11 is 0. The zero-order valence-electron chi connectivity index (χ0n) is 19.5. The third-order valence-corrected chi connectivity index (χ3v) is 8.53. The summed E-state index contributed by atoms with van der Waals surface area (Å²) in [5.41, 5.74) is 11.1. The first-order valence-electron chi connectivity index (χ1n) is 12.5. The van der Waals surface area contributed by atoms with Gasteiger partial charge in [0.25, 0.3) is 0 Å². The van der Waals surface area contributed by atoms with Crippen molar-refractivity contribution in [3.63, 3.8) is 0 Å². The van der Waals surface area contributed by atoms with Crippen LogP contribution < -0.4 is 0 Å². The average molecular weight is 437 g/mol. The molecular formula is C34H28. The average Bonchev–Trinajstić information content (AvgIpc) is 3.33. The number of rotatable bonds is 3. The third-order valence-electron chi connectivity index (χ3n) is 8.53. The van der Waals surface area contributed by atoms with E-state index in [4.69, 9.17) is 0 Å². The highest BCUT2D eigenvalue weighted by atomic mass is 14.5. The maximum absolute atomic E-state index is 2.45. The lowest BCUT2D eigenvalue weighted by atomic mass is 9.54. The summed E-state index contributed by atoms with van der Waals surface area (Å²) in [6, 6.07) is 20.0. The van der Waals surface area contributed by atoms with E-state index < -0.39 is 0 Å². The van der Waals surface area contributed by atoms with E-state index in [9.17, 15) is 0 Å². The van der Waals surface area contributed by atoms with Crippen molar-refractivity contribution in [2.75, 3.05) is 0 Å². The van der Waals surface area contributed by atoms with Gasteiger partial charge in [-0.25, -0.2) is 0 Å². The minimum Gasteiger partial charge on any atom is -0.0767 e. The zero-order chi connectivity index (χ0) is 22.7. The van der Waals surface area contributed by atoms with Crippen molar-refractivity contribution in [2.24, 2.45) is 17.3 Å². The van der Waals surface area contributed by atoms with Crippen molar-refractivity contribution in [2.45, 2.75) is 19.3 Å². The minimum atomic E-state index is 0.0524. The van der Waals surface area contributed by atoms with Crippen LogP contribution in [0.4, 0.5) is 0 Å². The smallest absolute Gasteiger partial charge is 0.0257 e. The van der Waals surface area contributed by atoms with Crippen LogP contribution in [0.5, 0.6) is 0 Å². The molecule has 0 saturated heterocycles. The summed E-state index contributed by atoms with van der Waals surface area (Å²) in [5, 5.41) is 0. The molecule has 0 radical (unpaired) electrons. The second kappa shape index (κ2) is 7.43. The summed E-state index contributed by atoms with van der Waals surface area (Å²) in [6.07, 6.45) is 26.9. The summed E-state index contributed by atoms with van der Waals surface area (Å²) < 4.78 is 0. The lowest BCUT2D eigenvalue weighted by Gasteiger charge is -2.48. The lowest BCUT2D eigenvalue weighted by Crippen LogP contribution is -2.39. The van der Waals surface area contributed by atoms with Crippen LogP contribution >= 0.6 is 0 Å². The molecule has 5 aliphatic carbocycles. The molecular weight excluding hydrogens is 408 g/mol. The van der Waals surface area contributed by atoms with Gasteiger partial charge in [0.2, 0.25) is 0 Å². The fourth-order valence-electron chi connectivity index (χ4n) is 6.71. The van der Waals surface area contributed by atoms with E-state index >= 15 is 0 Å². The second-order valence-corrected chi connectivity index (χ2v) is 10.3. The summed E-state index contributed by atoms with van der Waals surface area (Å²) in [5.74, 6) is 1.53. The van der Waals surface area contributed by atoms with Crippen molar-refractivity contribution in [3.05, 3.63) is 155 Å². The molecule has 4 atom stereocenters. The van der Waals surface area contributed by atoms with E-state index in [1.807, 2.05) is 0 Å². The Bertz CT molecular complexity index is 1410. The molecule has 0 nitrogen and oxygen atoms in total. The van der Waals surface area contributed by atoms with E-state index in [1.54, 1.807) is 0 Å². The van der Waals surface area contributed by atoms with Gasteiger partial charge in [0.15, 0.2) is 0 Å². The van der Waals surface area contributed by atoms with Crippen molar-refractivity contribution in [1.82, 2.24) is 0 Å². The highest BCUT2D eigenvalue weighted by molar-refractivity contribution is 5.86. The molecule has 0 saturated carbocycles. The Morgan fingerprint density at radius 2 is 1.59 bits per heavy atom. The predicted molar refractivity (Wildman–Crippen MR) is 143 cm³/mol. The Balaban J connectivity index is 1.22. The molecule has 0 aliphatic heterocycles. The molecule has 4 unspecified atom stereocenters. The van der Waals surface area contributed by atoms with Crippen molar-refractivity contribution >= 4 is 11.1 Å². The van der Waals surface area contributed by atoms with Crippen molar-refractivity contribution < 1.29 is 0 Å². The van der Waals surface area contributed by atoms with Gasteiger partial charge in [-0.05, 0) is 51.0 Å². The normalized spacial score (nSPS) is 30.1. The van der Waals surface area contributed by atoms with Gasteiger partial charge in [0, 0.05) is 23.2 Å². The fourth-order valence-corrected chi connectivity index (χ4v) is 6.71. The van der Waals surface area contributed by atoms with E-state index in [1.165, 1.54) is 44.6 Å². The number of hydrogen-bond donors (Lipinski definition) is 0. The number of hydrogen-bond acceptors (Lipinski definition) is 0. The van der Waals surface area contributed by atoms with Gasteiger partial charge in [0.1, 0.15) is 0 Å². The Labute approximate surface area is 202 Å². The van der Waals surface area contributed by atoms with Crippen LogP contribution in [-0.2, 0) is 0 Å². The molecule has 7 rings (SSSR count). The van der Waals surface area contributed by atoms with E-state index in [0.717, 1.165) is 6.42 Å². The molecule has 0 amide bonds. The quantitative estimate of drug-likeness (QED) is 0.453. The van der Waals surface area contributed by atoms with Gasteiger partial charge in [-0.15, -0.1) is 0 Å². The second-order valence-electron chi connectivity index (χ2n) is 10.3.